The van der Waals surface area contributed by atoms with Gasteiger partial charge in [0, 0.05) is 26.1 Å². The first-order chi connectivity index (χ1) is 7.75. The van der Waals surface area contributed by atoms with Crippen molar-refractivity contribution in [1.82, 2.24) is 25.4 Å². The molecule has 1 saturated heterocycles. The normalized spacial score (nSPS) is 17.7. The molecule has 0 aromatic carbocycles. The van der Waals surface area contributed by atoms with E-state index in [9.17, 15) is 4.79 Å². The summed E-state index contributed by atoms with van der Waals surface area (Å²) in [6.45, 7) is 4.04. The lowest BCUT2D eigenvalue weighted by Crippen LogP contribution is -2.44. The molecular weight excluding hydrogens is 206 g/mol. The third kappa shape index (κ3) is 2.79. The summed E-state index contributed by atoms with van der Waals surface area (Å²) in [5, 5.41) is 10.0. The number of carbonyl (C=O) groups is 1. The first-order valence-electron chi connectivity index (χ1n) is 5.59. The number of amides is 1. The van der Waals surface area contributed by atoms with Crippen LogP contribution in [0.2, 0.25) is 0 Å². The number of hydrogen-bond donors (Lipinski definition) is 2. The molecule has 6 heteroatoms. The van der Waals surface area contributed by atoms with E-state index in [1.54, 1.807) is 6.92 Å². The second-order valence-corrected chi connectivity index (χ2v) is 4.09. The van der Waals surface area contributed by atoms with Gasteiger partial charge in [0.15, 0.2) is 0 Å². The zero-order chi connectivity index (χ0) is 11.4. The number of likely N-dealkylation sites (tertiary alicyclic amines) is 1. The lowest BCUT2D eigenvalue weighted by atomic mass is 10.1. The zero-order valence-corrected chi connectivity index (χ0v) is 9.44. The molecule has 1 aromatic heterocycles. The van der Waals surface area contributed by atoms with Crippen molar-refractivity contribution in [2.24, 2.45) is 0 Å². The van der Waals surface area contributed by atoms with Gasteiger partial charge in [0.25, 0.3) is 0 Å². The van der Waals surface area contributed by atoms with Crippen molar-refractivity contribution < 1.29 is 4.79 Å². The zero-order valence-electron chi connectivity index (χ0n) is 9.44. The lowest BCUT2D eigenvalue weighted by molar-refractivity contribution is -0.129. The Morgan fingerprint density at radius 1 is 1.62 bits per heavy atom. The molecule has 1 fully saturated rings. The minimum absolute atomic E-state index is 0.175. The average Bonchev–Trinajstić information content (AvgIpc) is 2.80. The van der Waals surface area contributed by atoms with Gasteiger partial charge in [0.2, 0.25) is 5.91 Å². The number of piperidine rings is 1. The predicted octanol–water partition coefficient (Wildman–Crippen LogP) is -0.0948. The summed E-state index contributed by atoms with van der Waals surface area (Å²) < 4.78 is 0. The van der Waals surface area contributed by atoms with Gasteiger partial charge in [-0.25, -0.2) is 4.98 Å². The minimum atomic E-state index is 0.175. The van der Waals surface area contributed by atoms with E-state index >= 15 is 0 Å². The van der Waals surface area contributed by atoms with E-state index in [0.29, 0.717) is 12.6 Å². The predicted molar refractivity (Wildman–Crippen MR) is 58.5 cm³/mol. The van der Waals surface area contributed by atoms with E-state index in [2.05, 4.69) is 20.5 Å². The maximum Gasteiger partial charge on any atom is 0.219 e. The van der Waals surface area contributed by atoms with Crippen LogP contribution in [0.25, 0.3) is 0 Å². The van der Waals surface area contributed by atoms with Gasteiger partial charge in [0.05, 0.1) is 6.54 Å². The van der Waals surface area contributed by atoms with Crippen LogP contribution in [0.3, 0.4) is 0 Å². The molecule has 2 heterocycles. The van der Waals surface area contributed by atoms with Crippen LogP contribution in [0.1, 0.15) is 25.6 Å². The van der Waals surface area contributed by atoms with Crippen molar-refractivity contribution in [3.05, 3.63) is 12.2 Å². The molecule has 0 unspecified atom stereocenters. The maximum atomic E-state index is 11.1. The molecule has 6 nitrogen and oxygen atoms in total. The second-order valence-electron chi connectivity index (χ2n) is 4.09. The summed E-state index contributed by atoms with van der Waals surface area (Å²) in [5.41, 5.74) is 0. The number of hydrogen-bond acceptors (Lipinski definition) is 4. The van der Waals surface area contributed by atoms with Crippen LogP contribution in [0.5, 0.6) is 0 Å². The topological polar surface area (TPSA) is 73.9 Å². The number of aromatic amines is 1. The number of nitrogens with one attached hydrogen (secondary N) is 2. The van der Waals surface area contributed by atoms with Crippen molar-refractivity contribution in [2.75, 3.05) is 13.1 Å². The Labute approximate surface area is 94.4 Å². The molecular formula is C10H17N5O. The molecule has 1 aliphatic heterocycles. The van der Waals surface area contributed by atoms with Gasteiger partial charge in [-0.1, -0.05) is 0 Å². The Balaban J connectivity index is 1.71. The number of carbonyl (C=O) groups excluding carboxylic acids is 1. The van der Waals surface area contributed by atoms with E-state index in [-0.39, 0.29) is 5.91 Å². The van der Waals surface area contributed by atoms with Crippen LogP contribution >= 0.6 is 0 Å². The Morgan fingerprint density at radius 2 is 2.38 bits per heavy atom. The van der Waals surface area contributed by atoms with E-state index in [4.69, 9.17) is 0 Å². The summed E-state index contributed by atoms with van der Waals surface area (Å²) in [5.74, 6) is 1.03. The molecule has 88 valence electrons. The number of rotatable bonds is 3. The highest BCUT2D eigenvalue weighted by molar-refractivity contribution is 5.73. The molecule has 16 heavy (non-hydrogen) atoms. The van der Waals surface area contributed by atoms with Crippen LogP contribution in [0.15, 0.2) is 6.33 Å². The third-order valence-electron chi connectivity index (χ3n) is 2.96. The Hall–Kier alpha value is -1.43. The molecule has 1 amide bonds. The van der Waals surface area contributed by atoms with Crippen molar-refractivity contribution in [1.29, 1.82) is 0 Å². The van der Waals surface area contributed by atoms with E-state index < -0.39 is 0 Å². The quantitative estimate of drug-likeness (QED) is 0.750. The molecule has 0 spiro atoms. The highest BCUT2D eigenvalue weighted by Gasteiger charge is 2.20. The summed E-state index contributed by atoms with van der Waals surface area (Å²) in [7, 11) is 0. The molecule has 0 atom stereocenters. The fourth-order valence-corrected chi connectivity index (χ4v) is 1.96. The highest BCUT2D eigenvalue weighted by Crippen LogP contribution is 2.10. The number of aromatic nitrogens is 3. The third-order valence-corrected chi connectivity index (χ3v) is 2.96. The molecule has 0 aliphatic carbocycles. The first kappa shape index (κ1) is 11.1. The van der Waals surface area contributed by atoms with Gasteiger partial charge < -0.3 is 10.2 Å². The van der Waals surface area contributed by atoms with Crippen molar-refractivity contribution in [3.8, 4) is 0 Å². The SMILES string of the molecule is CC(=O)N1CCC(NCc2ncn[nH]2)CC1. The largest absolute Gasteiger partial charge is 0.343 e. The van der Waals surface area contributed by atoms with Gasteiger partial charge in [-0.05, 0) is 12.8 Å². The molecule has 0 radical (unpaired) electrons. The Bertz CT molecular complexity index is 329. The Morgan fingerprint density at radius 3 is 2.94 bits per heavy atom. The van der Waals surface area contributed by atoms with E-state index in [0.717, 1.165) is 31.8 Å². The second kappa shape index (κ2) is 5.07. The van der Waals surface area contributed by atoms with Crippen LogP contribution in [0, 0.1) is 0 Å². The smallest absolute Gasteiger partial charge is 0.219 e. The van der Waals surface area contributed by atoms with E-state index in [1.807, 2.05) is 4.90 Å². The fraction of sp³-hybridized carbons (Fsp3) is 0.700. The molecule has 1 aromatic rings. The van der Waals surface area contributed by atoms with Gasteiger partial charge in [-0.2, -0.15) is 5.10 Å². The molecule has 1 aliphatic rings. The van der Waals surface area contributed by atoms with Gasteiger partial charge in [-0.3, -0.25) is 9.89 Å². The van der Waals surface area contributed by atoms with Crippen LogP contribution in [-0.2, 0) is 11.3 Å². The average molecular weight is 223 g/mol. The summed E-state index contributed by atoms with van der Waals surface area (Å²) in [6, 6.07) is 0.473. The molecule has 0 saturated carbocycles. The highest BCUT2D eigenvalue weighted by atomic mass is 16.2. The van der Waals surface area contributed by atoms with Gasteiger partial charge in [0.1, 0.15) is 12.2 Å². The molecule has 2 rings (SSSR count). The van der Waals surface area contributed by atoms with Crippen molar-refractivity contribution >= 4 is 5.91 Å². The Kier molecular flexibility index (Phi) is 3.51. The van der Waals surface area contributed by atoms with E-state index in [1.165, 1.54) is 6.33 Å². The monoisotopic (exact) mass is 223 g/mol. The summed E-state index contributed by atoms with van der Waals surface area (Å²) in [4.78, 5) is 17.1. The van der Waals surface area contributed by atoms with Crippen LogP contribution in [0.4, 0.5) is 0 Å². The lowest BCUT2D eigenvalue weighted by Gasteiger charge is -2.31. The van der Waals surface area contributed by atoms with Crippen LogP contribution in [-0.4, -0.2) is 45.1 Å². The van der Waals surface area contributed by atoms with Crippen molar-refractivity contribution in [2.45, 2.75) is 32.4 Å². The summed E-state index contributed by atoms with van der Waals surface area (Å²) >= 11 is 0. The molecule has 0 bridgehead atoms. The fourth-order valence-electron chi connectivity index (χ4n) is 1.96. The number of H-pyrrole nitrogens is 1. The first-order valence-corrected chi connectivity index (χ1v) is 5.59. The van der Waals surface area contributed by atoms with Gasteiger partial charge in [-0.15, -0.1) is 0 Å². The minimum Gasteiger partial charge on any atom is -0.343 e. The summed E-state index contributed by atoms with van der Waals surface area (Å²) in [6.07, 6.45) is 3.52. The van der Waals surface area contributed by atoms with Crippen molar-refractivity contribution in [3.63, 3.8) is 0 Å². The molecule has 2 N–H and O–H groups in total. The number of nitrogens with zero attached hydrogens (tertiary/aromatic N) is 3. The van der Waals surface area contributed by atoms with Gasteiger partial charge >= 0.3 is 0 Å². The van der Waals surface area contributed by atoms with Crippen LogP contribution < -0.4 is 5.32 Å². The standard InChI is InChI=1S/C10H17N5O/c1-8(16)15-4-2-9(3-5-15)11-6-10-12-7-13-14-10/h7,9,11H,2-6H2,1H3,(H,12,13,14). The maximum absolute atomic E-state index is 11.1.